The van der Waals surface area contributed by atoms with Gasteiger partial charge in [0, 0.05) is 23.3 Å². The van der Waals surface area contributed by atoms with E-state index in [4.69, 9.17) is 4.74 Å². The zero-order valence-electron chi connectivity index (χ0n) is 7.31. The Kier molecular flexibility index (Phi) is 3.09. The van der Waals surface area contributed by atoms with Crippen LogP contribution in [-0.2, 0) is 11.2 Å². The first kappa shape index (κ1) is 8.75. The molecule has 62 valence electrons. The van der Waals surface area contributed by atoms with Gasteiger partial charge in [-0.1, -0.05) is 0 Å². The van der Waals surface area contributed by atoms with Gasteiger partial charge in [0.15, 0.2) is 0 Å². The van der Waals surface area contributed by atoms with Gasteiger partial charge >= 0.3 is 0 Å². The van der Waals surface area contributed by atoms with Crippen molar-refractivity contribution in [3.8, 4) is 0 Å². The fourth-order valence-corrected chi connectivity index (χ4v) is 2.16. The van der Waals surface area contributed by atoms with Gasteiger partial charge < -0.3 is 4.74 Å². The summed E-state index contributed by atoms with van der Waals surface area (Å²) in [7, 11) is 1.75. The average molecular weight is 170 g/mol. The van der Waals surface area contributed by atoms with Crippen LogP contribution in [0.15, 0.2) is 6.07 Å². The maximum atomic E-state index is 5.02. The van der Waals surface area contributed by atoms with Crippen LogP contribution in [0.2, 0.25) is 0 Å². The van der Waals surface area contributed by atoms with Crippen LogP contribution in [0.25, 0.3) is 0 Å². The highest BCUT2D eigenvalue weighted by molar-refractivity contribution is 7.12. The van der Waals surface area contributed by atoms with Crippen LogP contribution >= 0.6 is 11.3 Å². The molecule has 0 fully saturated rings. The molecular weight excluding hydrogens is 156 g/mol. The summed E-state index contributed by atoms with van der Waals surface area (Å²) in [5.41, 5.74) is 1.41. The molecule has 2 heteroatoms. The normalized spacial score (nSPS) is 10.5. The van der Waals surface area contributed by atoms with Gasteiger partial charge in [0.25, 0.3) is 0 Å². The Morgan fingerprint density at radius 2 is 2.18 bits per heavy atom. The Hall–Kier alpha value is -0.340. The van der Waals surface area contributed by atoms with Crippen molar-refractivity contribution in [2.45, 2.75) is 20.3 Å². The number of ether oxygens (including phenoxy) is 1. The number of hydrogen-bond donors (Lipinski definition) is 0. The van der Waals surface area contributed by atoms with Crippen molar-refractivity contribution in [3.63, 3.8) is 0 Å². The Morgan fingerprint density at radius 1 is 1.45 bits per heavy atom. The molecule has 1 aromatic rings. The van der Waals surface area contributed by atoms with Gasteiger partial charge in [0.2, 0.25) is 0 Å². The molecule has 0 amide bonds. The summed E-state index contributed by atoms with van der Waals surface area (Å²) < 4.78 is 5.02. The van der Waals surface area contributed by atoms with Crippen LogP contribution in [0.5, 0.6) is 0 Å². The Bertz CT molecular complexity index is 227. The summed E-state index contributed by atoms with van der Waals surface area (Å²) in [6, 6.07) is 2.23. The topological polar surface area (TPSA) is 9.23 Å². The smallest absolute Gasteiger partial charge is 0.0510 e. The molecule has 1 nitrogen and oxygen atoms in total. The minimum atomic E-state index is 0.834. The second-order valence-electron chi connectivity index (χ2n) is 2.71. The minimum absolute atomic E-state index is 0.834. The third kappa shape index (κ3) is 2.31. The second kappa shape index (κ2) is 3.88. The molecule has 0 aromatic carbocycles. The summed E-state index contributed by atoms with van der Waals surface area (Å²) >= 11 is 1.87. The molecule has 0 bridgehead atoms. The summed E-state index contributed by atoms with van der Waals surface area (Å²) in [6.45, 7) is 5.14. The van der Waals surface area contributed by atoms with E-state index in [0.29, 0.717) is 0 Å². The molecule has 11 heavy (non-hydrogen) atoms. The van der Waals surface area contributed by atoms with Crippen LogP contribution < -0.4 is 0 Å². The lowest BCUT2D eigenvalue weighted by atomic mass is 10.2. The van der Waals surface area contributed by atoms with Gasteiger partial charge in [-0.2, -0.15) is 0 Å². The number of methoxy groups -OCH3 is 1. The summed E-state index contributed by atoms with van der Waals surface area (Å²) in [5, 5.41) is 0. The van der Waals surface area contributed by atoms with Crippen molar-refractivity contribution < 1.29 is 4.74 Å². The van der Waals surface area contributed by atoms with Crippen molar-refractivity contribution in [1.29, 1.82) is 0 Å². The molecule has 0 aliphatic heterocycles. The monoisotopic (exact) mass is 170 g/mol. The van der Waals surface area contributed by atoms with E-state index in [2.05, 4.69) is 19.9 Å². The molecule has 0 spiro atoms. The van der Waals surface area contributed by atoms with E-state index in [-0.39, 0.29) is 0 Å². The first-order valence-corrected chi connectivity index (χ1v) is 4.60. The Balaban J connectivity index is 2.62. The maximum absolute atomic E-state index is 5.02. The highest BCUT2D eigenvalue weighted by Gasteiger charge is 2.01. The minimum Gasteiger partial charge on any atom is -0.384 e. The van der Waals surface area contributed by atoms with Gasteiger partial charge in [0.05, 0.1) is 6.61 Å². The number of rotatable bonds is 3. The molecule has 0 saturated heterocycles. The summed E-state index contributed by atoms with van der Waals surface area (Å²) in [6.07, 6.45) is 1.06. The van der Waals surface area contributed by atoms with Crippen molar-refractivity contribution in [2.75, 3.05) is 13.7 Å². The summed E-state index contributed by atoms with van der Waals surface area (Å²) in [5.74, 6) is 0. The van der Waals surface area contributed by atoms with E-state index in [1.54, 1.807) is 7.11 Å². The van der Waals surface area contributed by atoms with E-state index in [9.17, 15) is 0 Å². The Labute approximate surface area is 72.0 Å². The van der Waals surface area contributed by atoms with Crippen LogP contribution in [0.3, 0.4) is 0 Å². The maximum Gasteiger partial charge on any atom is 0.0510 e. The van der Waals surface area contributed by atoms with Crippen LogP contribution in [0.4, 0.5) is 0 Å². The lowest BCUT2D eigenvalue weighted by Gasteiger charge is -1.96. The number of thiophene rings is 1. The van der Waals surface area contributed by atoms with E-state index < -0.39 is 0 Å². The fourth-order valence-electron chi connectivity index (χ4n) is 1.13. The van der Waals surface area contributed by atoms with Crippen molar-refractivity contribution in [1.82, 2.24) is 0 Å². The van der Waals surface area contributed by atoms with Gasteiger partial charge in [-0.15, -0.1) is 11.3 Å². The third-order valence-electron chi connectivity index (χ3n) is 1.68. The fraction of sp³-hybridized carbons (Fsp3) is 0.556. The molecule has 0 N–H and O–H groups in total. The first-order chi connectivity index (χ1) is 5.24. The number of hydrogen-bond acceptors (Lipinski definition) is 2. The molecule has 0 aliphatic rings. The van der Waals surface area contributed by atoms with Crippen LogP contribution in [0, 0.1) is 13.8 Å². The predicted octanol–water partition coefficient (Wildman–Crippen LogP) is 2.55. The molecular formula is C9H14OS. The number of aryl methyl sites for hydroxylation is 2. The largest absolute Gasteiger partial charge is 0.384 e. The lowest BCUT2D eigenvalue weighted by Crippen LogP contribution is -1.92. The van der Waals surface area contributed by atoms with Crippen LogP contribution in [0.1, 0.15) is 15.3 Å². The average Bonchev–Trinajstić information content (AvgIpc) is 2.26. The van der Waals surface area contributed by atoms with Crippen LogP contribution in [-0.4, -0.2) is 13.7 Å². The van der Waals surface area contributed by atoms with Gasteiger partial charge in [-0.05, 0) is 25.5 Å². The van der Waals surface area contributed by atoms with Gasteiger partial charge in [-0.3, -0.25) is 0 Å². The van der Waals surface area contributed by atoms with E-state index in [1.807, 2.05) is 11.3 Å². The lowest BCUT2D eigenvalue weighted by molar-refractivity contribution is 0.203. The van der Waals surface area contributed by atoms with Gasteiger partial charge in [-0.25, -0.2) is 0 Å². The van der Waals surface area contributed by atoms with Crippen molar-refractivity contribution >= 4 is 11.3 Å². The molecule has 1 heterocycles. The molecule has 0 unspecified atom stereocenters. The quantitative estimate of drug-likeness (QED) is 0.677. The highest BCUT2D eigenvalue weighted by atomic mass is 32.1. The van der Waals surface area contributed by atoms with E-state index >= 15 is 0 Å². The Morgan fingerprint density at radius 3 is 2.64 bits per heavy atom. The predicted molar refractivity (Wildman–Crippen MR) is 49.4 cm³/mol. The third-order valence-corrected chi connectivity index (χ3v) is 2.89. The standard InChI is InChI=1S/C9H14OS/c1-7-6-8(2)11-9(7)4-5-10-3/h6H,4-5H2,1-3H3. The van der Waals surface area contributed by atoms with Crippen molar-refractivity contribution in [2.24, 2.45) is 0 Å². The molecule has 0 atom stereocenters. The highest BCUT2D eigenvalue weighted by Crippen LogP contribution is 2.21. The van der Waals surface area contributed by atoms with E-state index in [0.717, 1.165) is 13.0 Å². The molecule has 0 radical (unpaired) electrons. The zero-order valence-corrected chi connectivity index (χ0v) is 8.12. The van der Waals surface area contributed by atoms with E-state index in [1.165, 1.54) is 15.3 Å². The van der Waals surface area contributed by atoms with Gasteiger partial charge in [0.1, 0.15) is 0 Å². The molecule has 0 saturated carbocycles. The second-order valence-corrected chi connectivity index (χ2v) is 4.05. The zero-order chi connectivity index (χ0) is 8.27. The summed E-state index contributed by atoms with van der Waals surface area (Å²) in [4.78, 5) is 2.86. The molecule has 0 aliphatic carbocycles. The van der Waals surface area contributed by atoms with Crippen molar-refractivity contribution in [3.05, 3.63) is 21.4 Å². The molecule has 1 aromatic heterocycles. The SMILES string of the molecule is COCCc1sc(C)cc1C. The first-order valence-electron chi connectivity index (χ1n) is 3.79. The molecule has 1 rings (SSSR count).